The van der Waals surface area contributed by atoms with E-state index in [4.69, 9.17) is 0 Å². The summed E-state index contributed by atoms with van der Waals surface area (Å²) < 4.78 is 0. The van der Waals surface area contributed by atoms with Crippen molar-refractivity contribution in [3.8, 4) is 0 Å². The Morgan fingerprint density at radius 3 is 2.63 bits per heavy atom. The Bertz CT molecular complexity index is 930. The van der Waals surface area contributed by atoms with Gasteiger partial charge in [-0.2, -0.15) is 0 Å². The predicted octanol–water partition coefficient (Wildman–Crippen LogP) is 3.65. The number of amides is 2. The fourth-order valence-electron chi connectivity index (χ4n) is 2.92. The van der Waals surface area contributed by atoms with Crippen LogP contribution in [0, 0.1) is 12.8 Å². The molecule has 1 heterocycles. The van der Waals surface area contributed by atoms with Gasteiger partial charge < -0.3 is 10.3 Å². The normalized spacial score (nSPS) is 13.1. The first kappa shape index (κ1) is 18.6. The van der Waals surface area contributed by atoms with Gasteiger partial charge in [-0.25, -0.2) is 4.98 Å². The molecule has 3 N–H and O–H groups in total. The molecular formula is C21H24N4O2. The number of para-hydroxylation sites is 2. The Labute approximate surface area is 158 Å². The number of aryl methyl sites for hydroxylation is 1. The van der Waals surface area contributed by atoms with Crippen LogP contribution in [0.5, 0.6) is 0 Å². The summed E-state index contributed by atoms with van der Waals surface area (Å²) in [5.74, 6) is -0.199. The molecule has 6 heteroatoms. The number of aromatic nitrogens is 2. The van der Waals surface area contributed by atoms with Gasteiger partial charge in [0.05, 0.1) is 11.0 Å². The number of hydrogen-bond acceptors (Lipinski definition) is 3. The van der Waals surface area contributed by atoms with Crippen molar-refractivity contribution < 1.29 is 9.59 Å². The van der Waals surface area contributed by atoms with Crippen LogP contribution in [0.25, 0.3) is 11.0 Å². The average Bonchev–Trinajstić information content (AvgIpc) is 3.07. The zero-order chi connectivity index (χ0) is 19.4. The van der Waals surface area contributed by atoms with Crippen molar-refractivity contribution in [1.29, 1.82) is 0 Å². The Morgan fingerprint density at radius 1 is 1.15 bits per heavy atom. The summed E-state index contributed by atoms with van der Waals surface area (Å²) in [6.45, 7) is 5.86. The maximum Gasteiger partial charge on any atom is 0.251 e. The molecule has 0 saturated heterocycles. The van der Waals surface area contributed by atoms with Gasteiger partial charge in [-0.1, -0.05) is 50.1 Å². The molecule has 0 aliphatic heterocycles. The quantitative estimate of drug-likeness (QED) is 0.624. The zero-order valence-electron chi connectivity index (χ0n) is 15.7. The first-order valence-corrected chi connectivity index (χ1v) is 9.11. The van der Waals surface area contributed by atoms with Crippen molar-refractivity contribution in [3.05, 3.63) is 59.7 Å². The Kier molecular flexibility index (Phi) is 5.54. The Balaban J connectivity index is 1.77. The maximum absolute atomic E-state index is 12.8. The fourth-order valence-corrected chi connectivity index (χ4v) is 2.92. The number of imidazole rings is 1. The third-order valence-corrected chi connectivity index (χ3v) is 4.69. The maximum atomic E-state index is 12.8. The van der Waals surface area contributed by atoms with Crippen LogP contribution in [0.1, 0.15) is 36.2 Å². The summed E-state index contributed by atoms with van der Waals surface area (Å²) in [5, 5.41) is 5.67. The Morgan fingerprint density at radius 2 is 1.93 bits per heavy atom. The molecule has 0 aliphatic carbocycles. The molecule has 0 spiro atoms. The molecule has 1 aromatic heterocycles. The van der Waals surface area contributed by atoms with Crippen molar-refractivity contribution in [2.45, 2.75) is 33.2 Å². The number of H-pyrrole nitrogens is 1. The third kappa shape index (κ3) is 4.34. The minimum atomic E-state index is -0.656. The van der Waals surface area contributed by atoms with Crippen molar-refractivity contribution in [1.82, 2.24) is 15.3 Å². The predicted molar refractivity (Wildman–Crippen MR) is 107 cm³/mol. The lowest BCUT2D eigenvalue weighted by atomic mass is 9.97. The summed E-state index contributed by atoms with van der Waals surface area (Å²) in [7, 11) is 0. The first-order valence-electron chi connectivity index (χ1n) is 9.11. The molecule has 0 bridgehead atoms. The highest BCUT2D eigenvalue weighted by molar-refractivity contribution is 6.01. The molecule has 6 nitrogen and oxygen atoms in total. The van der Waals surface area contributed by atoms with Crippen LogP contribution in [-0.4, -0.2) is 27.8 Å². The van der Waals surface area contributed by atoms with E-state index in [9.17, 15) is 9.59 Å². The molecule has 0 fully saturated rings. The molecule has 2 aromatic carbocycles. The van der Waals surface area contributed by atoms with E-state index >= 15 is 0 Å². The van der Waals surface area contributed by atoms with Gasteiger partial charge in [-0.3, -0.25) is 14.9 Å². The summed E-state index contributed by atoms with van der Waals surface area (Å²) in [5.41, 5.74) is 3.16. The van der Waals surface area contributed by atoms with Gasteiger partial charge >= 0.3 is 0 Å². The van der Waals surface area contributed by atoms with E-state index < -0.39 is 6.04 Å². The van der Waals surface area contributed by atoms with Gasteiger partial charge in [0.2, 0.25) is 11.9 Å². The van der Waals surface area contributed by atoms with Gasteiger partial charge in [-0.05, 0) is 37.1 Å². The van der Waals surface area contributed by atoms with Crippen LogP contribution in [0.15, 0.2) is 48.5 Å². The van der Waals surface area contributed by atoms with E-state index in [2.05, 4.69) is 20.6 Å². The molecular weight excluding hydrogens is 340 g/mol. The van der Waals surface area contributed by atoms with Crippen LogP contribution in [0.3, 0.4) is 0 Å². The summed E-state index contributed by atoms with van der Waals surface area (Å²) in [4.78, 5) is 32.9. The van der Waals surface area contributed by atoms with E-state index in [-0.39, 0.29) is 17.7 Å². The van der Waals surface area contributed by atoms with Gasteiger partial charge in [-0.15, -0.1) is 0 Å². The number of nitrogens with one attached hydrogen (secondary N) is 3. The SMILES string of the molecule is CC[C@@H](C)[C@@H](NC(=O)c1cccc(C)c1)C(=O)Nc1nc2ccccc2[nH]1. The number of anilines is 1. The first-order chi connectivity index (χ1) is 13.0. The molecule has 140 valence electrons. The number of nitrogens with zero attached hydrogens (tertiary/aromatic N) is 1. The smallest absolute Gasteiger partial charge is 0.251 e. The molecule has 2 amide bonds. The van der Waals surface area contributed by atoms with Gasteiger partial charge in [0.1, 0.15) is 6.04 Å². The number of carbonyl (C=O) groups is 2. The molecule has 3 aromatic rings. The highest BCUT2D eigenvalue weighted by Crippen LogP contribution is 2.16. The number of rotatable bonds is 6. The highest BCUT2D eigenvalue weighted by Gasteiger charge is 2.27. The van der Waals surface area contributed by atoms with E-state index in [1.54, 1.807) is 12.1 Å². The van der Waals surface area contributed by atoms with Crippen molar-refractivity contribution in [2.75, 3.05) is 5.32 Å². The van der Waals surface area contributed by atoms with E-state index in [1.165, 1.54) is 0 Å². The number of carbonyl (C=O) groups excluding carboxylic acids is 2. The number of benzene rings is 2. The Hall–Kier alpha value is -3.15. The van der Waals surface area contributed by atoms with E-state index in [0.29, 0.717) is 11.5 Å². The average molecular weight is 364 g/mol. The van der Waals surface area contributed by atoms with E-state index in [1.807, 2.05) is 57.2 Å². The lowest BCUT2D eigenvalue weighted by molar-refractivity contribution is -0.119. The molecule has 2 atom stereocenters. The number of fused-ring (bicyclic) bond motifs is 1. The topological polar surface area (TPSA) is 86.9 Å². The fraction of sp³-hybridized carbons (Fsp3) is 0.286. The number of hydrogen-bond donors (Lipinski definition) is 3. The molecule has 0 unspecified atom stereocenters. The van der Waals surface area contributed by atoms with Crippen molar-refractivity contribution in [2.24, 2.45) is 5.92 Å². The minimum Gasteiger partial charge on any atom is -0.340 e. The second kappa shape index (κ2) is 8.03. The second-order valence-electron chi connectivity index (χ2n) is 6.80. The zero-order valence-corrected chi connectivity index (χ0v) is 15.7. The van der Waals surface area contributed by atoms with Crippen LogP contribution < -0.4 is 10.6 Å². The largest absolute Gasteiger partial charge is 0.340 e. The highest BCUT2D eigenvalue weighted by atomic mass is 16.2. The van der Waals surface area contributed by atoms with Gasteiger partial charge in [0.15, 0.2) is 0 Å². The van der Waals surface area contributed by atoms with E-state index in [0.717, 1.165) is 23.0 Å². The van der Waals surface area contributed by atoms with Gasteiger partial charge in [0, 0.05) is 5.56 Å². The van der Waals surface area contributed by atoms with Crippen LogP contribution in [0.4, 0.5) is 5.95 Å². The lowest BCUT2D eigenvalue weighted by Crippen LogP contribution is -2.47. The molecule has 27 heavy (non-hydrogen) atoms. The monoisotopic (exact) mass is 364 g/mol. The minimum absolute atomic E-state index is 0.0249. The molecule has 0 radical (unpaired) electrons. The van der Waals surface area contributed by atoms with Crippen molar-refractivity contribution >= 4 is 28.8 Å². The lowest BCUT2D eigenvalue weighted by Gasteiger charge is -2.23. The molecule has 0 saturated carbocycles. The van der Waals surface area contributed by atoms with Gasteiger partial charge in [0.25, 0.3) is 5.91 Å². The summed E-state index contributed by atoms with van der Waals surface area (Å²) >= 11 is 0. The number of aromatic amines is 1. The molecule has 3 rings (SSSR count). The van der Waals surface area contributed by atoms with Crippen molar-refractivity contribution in [3.63, 3.8) is 0 Å². The summed E-state index contributed by atoms with van der Waals surface area (Å²) in [6, 6.07) is 14.2. The second-order valence-corrected chi connectivity index (χ2v) is 6.80. The molecule has 0 aliphatic rings. The third-order valence-electron chi connectivity index (χ3n) is 4.69. The standard InChI is InChI=1S/C21H24N4O2/c1-4-14(3)18(24-19(26)15-9-7-8-13(2)12-15)20(27)25-21-22-16-10-5-6-11-17(16)23-21/h5-12,14,18H,4H2,1-3H3,(H,24,26)(H2,22,23,25,27)/t14-,18-/m1/s1. The van der Waals surface area contributed by atoms with Crippen LogP contribution in [0.2, 0.25) is 0 Å². The van der Waals surface area contributed by atoms with Crippen LogP contribution in [-0.2, 0) is 4.79 Å². The summed E-state index contributed by atoms with van der Waals surface area (Å²) in [6.07, 6.45) is 0.756. The van der Waals surface area contributed by atoms with Crippen LogP contribution >= 0.6 is 0 Å².